The first-order valence-corrected chi connectivity index (χ1v) is 16.8. The van der Waals surface area contributed by atoms with E-state index >= 15 is 0 Å². The van der Waals surface area contributed by atoms with Crippen molar-refractivity contribution < 1.29 is 27.1 Å². The van der Waals surface area contributed by atoms with Crippen LogP contribution in [0.1, 0.15) is 83.2 Å². The summed E-state index contributed by atoms with van der Waals surface area (Å²) in [6.07, 6.45) is 6.80. The molecule has 0 atom stereocenters. The van der Waals surface area contributed by atoms with Gasteiger partial charge in [-0.1, -0.05) is 37.5 Å². The first-order chi connectivity index (χ1) is 20.6. The third-order valence-electron chi connectivity index (χ3n) is 6.43. The maximum Gasteiger partial charge on any atom is 0.404 e. The zero-order chi connectivity index (χ0) is 32.5. The summed E-state index contributed by atoms with van der Waals surface area (Å²) in [6.45, 7) is 9.02. The zero-order valence-electron chi connectivity index (χ0n) is 25.8. The topological polar surface area (TPSA) is 153 Å². The summed E-state index contributed by atoms with van der Waals surface area (Å²) in [5, 5.41) is 6.46. The van der Waals surface area contributed by atoms with Gasteiger partial charge in [0.1, 0.15) is 5.82 Å². The van der Waals surface area contributed by atoms with Crippen LogP contribution >= 0.6 is 11.3 Å². The number of nitrogens with one attached hydrogen (secondary N) is 3. The number of carbonyl (C=O) groups is 2. The molecule has 5 N–H and O–H groups in total. The number of aromatic nitrogens is 1. The Bertz CT molecular complexity index is 1510. The number of hydrogen-bond donors (Lipinski definition) is 4. The van der Waals surface area contributed by atoms with Crippen LogP contribution in [0.5, 0.6) is 0 Å². The monoisotopic (exact) mass is 647 g/mol. The van der Waals surface area contributed by atoms with Gasteiger partial charge in [0.25, 0.3) is 0 Å². The molecule has 1 fully saturated rings. The molecule has 0 unspecified atom stereocenters. The molecule has 0 radical (unpaired) electrons. The highest BCUT2D eigenvalue weighted by Crippen LogP contribution is 2.39. The highest BCUT2D eigenvalue weighted by atomic mass is 32.2. The van der Waals surface area contributed by atoms with Crippen molar-refractivity contribution in [2.75, 3.05) is 5.32 Å². The Morgan fingerprint density at radius 1 is 1.09 bits per heavy atom. The van der Waals surface area contributed by atoms with Gasteiger partial charge in [-0.2, -0.15) is 0 Å². The number of ether oxygens (including phenoxy) is 1. The van der Waals surface area contributed by atoms with E-state index in [1.807, 2.05) is 0 Å². The summed E-state index contributed by atoms with van der Waals surface area (Å²) in [5.41, 5.74) is 5.57. The van der Waals surface area contributed by atoms with Crippen LogP contribution in [0.2, 0.25) is 0 Å². The van der Waals surface area contributed by atoms with E-state index in [4.69, 9.17) is 0 Å². The third-order valence-corrected chi connectivity index (χ3v) is 9.42. The molecule has 0 spiro atoms. The maximum atomic E-state index is 13.4. The number of sulfonamides is 1. The molecule has 1 saturated carbocycles. The van der Waals surface area contributed by atoms with E-state index in [1.54, 1.807) is 65.1 Å². The molecule has 4 rings (SSSR count). The minimum Gasteiger partial charge on any atom is -0.447 e. The lowest BCUT2D eigenvalue weighted by Crippen LogP contribution is -2.40. The molecular formula is C31H42FN5O5S2. The lowest BCUT2D eigenvalue weighted by Gasteiger charge is -2.22. The second-order valence-corrected chi connectivity index (χ2v) is 14.6. The molecular weight excluding hydrogens is 606 g/mol. The van der Waals surface area contributed by atoms with Crippen molar-refractivity contribution >= 4 is 39.2 Å². The Morgan fingerprint density at radius 2 is 1.75 bits per heavy atom. The molecule has 1 heterocycles. The Labute approximate surface area is 263 Å². The van der Waals surface area contributed by atoms with E-state index in [1.165, 1.54) is 48.8 Å². The Hall–Kier alpha value is -3.55. The molecule has 0 saturated heterocycles. The molecule has 1 aromatic heterocycles. The Morgan fingerprint density at radius 3 is 2.32 bits per heavy atom. The zero-order valence-corrected chi connectivity index (χ0v) is 27.4. The number of rotatable bonds is 8. The quantitative estimate of drug-likeness (QED) is 0.209. The summed E-state index contributed by atoms with van der Waals surface area (Å²) in [6, 6.07) is 10.2. The molecule has 3 aromatic rings. The number of carbonyl (C=O) groups excluding carboxylic acids is 2. The van der Waals surface area contributed by atoms with E-state index in [0.717, 1.165) is 28.3 Å². The predicted octanol–water partition coefficient (Wildman–Crippen LogP) is 6.89. The second-order valence-electron chi connectivity index (χ2n) is 11.9. The first kappa shape index (κ1) is 34.9. The number of nitrogens with two attached hydrogens (primary N) is 1. The average molecular weight is 648 g/mol. The van der Waals surface area contributed by atoms with Crippen molar-refractivity contribution in [2.24, 2.45) is 5.73 Å². The van der Waals surface area contributed by atoms with E-state index < -0.39 is 27.7 Å². The van der Waals surface area contributed by atoms with Gasteiger partial charge in [0, 0.05) is 35.4 Å². The SMILES string of the molecule is CC(C)(C)NS(=O)(=O)c1cc(NC(=O)NCc2ccc(F)cc2)ccc1-c1cnc(C2CCCCC2)s1.CC(C)OC(N)=O. The van der Waals surface area contributed by atoms with Gasteiger partial charge in [0.15, 0.2) is 0 Å². The smallest absolute Gasteiger partial charge is 0.404 e. The maximum absolute atomic E-state index is 13.4. The van der Waals surface area contributed by atoms with Gasteiger partial charge < -0.3 is 21.1 Å². The number of urea groups is 1. The number of anilines is 1. The van der Waals surface area contributed by atoms with Crippen molar-refractivity contribution in [1.29, 1.82) is 0 Å². The number of nitrogens with zero attached hydrogens (tertiary/aromatic N) is 1. The van der Waals surface area contributed by atoms with Gasteiger partial charge in [-0.25, -0.2) is 32.1 Å². The van der Waals surface area contributed by atoms with E-state index in [-0.39, 0.29) is 23.4 Å². The third kappa shape index (κ3) is 11.2. The van der Waals surface area contributed by atoms with Crippen LogP contribution < -0.4 is 21.1 Å². The largest absolute Gasteiger partial charge is 0.447 e. The van der Waals surface area contributed by atoms with Crippen molar-refractivity contribution in [2.45, 2.75) is 95.7 Å². The average Bonchev–Trinajstić information content (AvgIpc) is 3.42. The van der Waals surface area contributed by atoms with Gasteiger partial charge in [-0.3, -0.25) is 0 Å². The number of amides is 3. The molecule has 0 bridgehead atoms. The van der Waals surface area contributed by atoms with Crippen molar-refractivity contribution in [3.63, 3.8) is 0 Å². The van der Waals surface area contributed by atoms with Crippen molar-refractivity contribution in [1.82, 2.24) is 15.0 Å². The molecule has 240 valence electrons. The van der Waals surface area contributed by atoms with Crippen LogP contribution in [0.15, 0.2) is 53.6 Å². The summed E-state index contributed by atoms with van der Waals surface area (Å²) in [7, 11) is -3.91. The van der Waals surface area contributed by atoms with Gasteiger partial charge >= 0.3 is 12.1 Å². The van der Waals surface area contributed by atoms with E-state index in [0.29, 0.717) is 17.2 Å². The fourth-order valence-electron chi connectivity index (χ4n) is 4.63. The number of primary amides is 1. The summed E-state index contributed by atoms with van der Waals surface area (Å²) in [4.78, 5) is 27.8. The Kier molecular flexibility index (Phi) is 12.3. The van der Waals surface area contributed by atoms with Gasteiger partial charge in [-0.05, 0) is 77.3 Å². The van der Waals surface area contributed by atoms with Crippen LogP contribution in [0.3, 0.4) is 0 Å². The molecule has 44 heavy (non-hydrogen) atoms. The van der Waals surface area contributed by atoms with Crippen LogP contribution in [-0.2, 0) is 21.3 Å². The normalized spacial score (nSPS) is 14.0. The fourth-order valence-corrected chi connectivity index (χ4v) is 7.48. The van der Waals surface area contributed by atoms with E-state index in [9.17, 15) is 22.4 Å². The molecule has 1 aliphatic rings. The summed E-state index contributed by atoms with van der Waals surface area (Å²) < 4.78 is 47.1. The van der Waals surface area contributed by atoms with Crippen LogP contribution in [-0.4, -0.2) is 37.2 Å². The number of benzene rings is 2. The van der Waals surface area contributed by atoms with Gasteiger partial charge in [0.2, 0.25) is 10.0 Å². The van der Waals surface area contributed by atoms with Gasteiger partial charge in [0.05, 0.1) is 20.9 Å². The predicted molar refractivity (Wildman–Crippen MR) is 172 cm³/mol. The van der Waals surface area contributed by atoms with Crippen LogP contribution in [0.25, 0.3) is 10.4 Å². The van der Waals surface area contributed by atoms with Crippen molar-refractivity contribution in [3.8, 4) is 10.4 Å². The lowest BCUT2D eigenvalue weighted by atomic mass is 9.90. The number of halogens is 1. The molecule has 3 amide bonds. The highest BCUT2D eigenvalue weighted by Gasteiger charge is 2.27. The molecule has 10 nitrogen and oxygen atoms in total. The fraction of sp³-hybridized carbons (Fsp3) is 0.452. The summed E-state index contributed by atoms with van der Waals surface area (Å²) >= 11 is 1.54. The molecule has 0 aliphatic heterocycles. The molecule has 2 aromatic carbocycles. The minimum atomic E-state index is -3.91. The number of thiazole rings is 1. The van der Waals surface area contributed by atoms with Crippen LogP contribution in [0.4, 0.5) is 19.7 Å². The lowest BCUT2D eigenvalue weighted by molar-refractivity contribution is 0.125. The van der Waals surface area contributed by atoms with Gasteiger partial charge in [-0.15, -0.1) is 11.3 Å². The molecule has 13 heteroatoms. The standard InChI is InChI=1S/C27H33FN4O3S2.C4H9NO2/c1-27(2,3)32-37(34,35)24-15-21(31-26(33)30-16-18-9-11-20(28)12-10-18)13-14-22(24)23-17-29-25(36-23)19-7-5-4-6-8-19;1-3(2)7-4(5)6/h9-15,17,19,32H,4-8,16H2,1-3H3,(H2,30,31,33);3H,1-2H3,(H2,5,6). The summed E-state index contributed by atoms with van der Waals surface area (Å²) in [5.74, 6) is 0.0729. The first-order valence-electron chi connectivity index (χ1n) is 14.5. The molecule has 1 aliphatic carbocycles. The Balaban J connectivity index is 0.000000676. The van der Waals surface area contributed by atoms with Crippen molar-refractivity contribution in [3.05, 3.63) is 65.0 Å². The number of hydrogen-bond acceptors (Lipinski definition) is 7. The minimum absolute atomic E-state index is 0.0811. The second kappa shape index (κ2) is 15.4. The van der Waals surface area contributed by atoms with E-state index in [2.05, 4.69) is 30.8 Å². The van der Waals surface area contributed by atoms with Crippen LogP contribution in [0, 0.1) is 5.82 Å². The highest BCUT2D eigenvalue weighted by molar-refractivity contribution is 7.89.